The highest BCUT2D eigenvalue weighted by Gasteiger charge is 2.04. The van der Waals surface area contributed by atoms with Crippen LogP contribution < -0.4 is 0 Å². The number of thiophene rings is 1. The van der Waals surface area contributed by atoms with Gasteiger partial charge in [0.1, 0.15) is 11.4 Å². The van der Waals surface area contributed by atoms with E-state index in [0.717, 1.165) is 27.4 Å². The van der Waals surface area contributed by atoms with Gasteiger partial charge < -0.3 is 0 Å². The molecule has 2 aromatic rings. The molecule has 3 nitrogen and oxygen atoms in total. The molecule has 76 valence electrons. The van der Waals surface area contributed by atoms with Gasteiger partial charge >= 0.3 is 0 Å². The molecule has 0 atom stereocenters. The zero-order chi connectivity index (χ0) is 10.5. The molecule has 0 aliphatic carbocycles. The largest absolute Gasteiger partial charge is 0.235 e. The number of fused-ring (bicyclic) bond motifs is 1. The Kier molecular flexibility index (Phi) is 3.54. The average Bonchev–Trinajstić information content (AvgIpc) is 2.73. The van der Waals surface area contributed by atoms with Gasteiger partial charge in [-0.15, -0.1) is 23.1 Å². The molecule has 0 spiro atoms. The van der Waals surface area contributed by atoms with Gasteiger partial charge in [0.15, 0.2) is 0 Å². The molecule has 0 saturated carbocycles. The number of rotatable bonds is 4. The van der Waals surface area contributed by atoms with Crippen molar-refractivity contribution in [2.45, 2.75) is 17.9 Å². The Hall–Kier alpha value is -1.12. The van der Waals surface area contributed by atoms with Gasteiger partial charge in [0.2, 0.25) is 0 Å². The first-order valence-corrected chi connectivity index (χ1v) is 6.46. The Bertz CT molecular complexity index is 487. The first kappa shape index (κ1) is 10.4. The van der Waals surface area contributed by atoms with E-state index in [2.05, 4.69) is 16.0 Å². The van der Waals surface area contributed by atoms with Gasteiger partial charge in [-0.25, -0.2) is 9.97 Å². The van der Waals surface area contributed by atoms with Crippen molar-refractivity contribution in [2.75, 3.05) is 5.75 Å². The molecule has 0 radical (unpaired) electrons. The summed E-state index contributed by atoms with van der Waals surface area (Å²) in [6.07, 6.45) is 3.13. The number of aromatic nitrogens is 2. The van der Waals surface area contributed by atoms with Crippen LogP contribution in [-0.2, 0) is 0 Å². The van der Waals surface area contributed by atoms with E-state index in [-0.39, 0.29) is 0 Å². The highest BCUT2D eigenvalue weighted by Crippen LogP contribution is 2.28. The zero-order valence-electron chi connectivity index (χ0n) is 8.01. The number of nitrogens with zero attached hydrogens (tertiary/aromatic N) is 3. The van der Waals surface area contributed by atoms with Crippen molar-refractivity contribution in [1.82, 2.24) is 9.97 Å². The van der Waals surface area contributed by atoms with Crippen molar-refractivity contribution in [3.05, 3.63) is 17.8 Å². The molecule has 0 unspecified atom stereocenters. The van der Waals surface area contributed by atoms with Crippen LogP contribution >= 0.6 is 23.1 Å². The molecule has 0 fully saturated rings. The maximum Gasteiger partial charge on any atom is 0.117 e. The number of unbranched alkanes of at least 4 members (excludes halogenated alkanes) is 1. The minimum absolute atomic E-state index is 0.617. The Morgan fingerprint density at radius 3 is 3.27 bits per heavy atom. The van der Waals surface area contributed by atoms with Gasteiger partial charge in [0.05, 0.1) is 16.3 Å². The van der Waals surface area contributed by atoms with Crippen LogP contribution in [0.5, 0.6) is 0 Å². The molecule has 15 heavy (non-hydrogen) atoms. The van der Waals surface area contributed by atoms with Crippen molar-refractivity contribution < 1.29 is 0 Å². The lowest BCUT2D eigenvalue weighted by Gasteiger charge is -1.99. The zero-order valence-corrected chi connectivity index (χ0v) is 9.64. The van der Waals surface area contributed by atoms with Crippen molar-refractivity contribution in [3.63, 3.8) is 0 Å². The third-order valence-corrected chi connectivity index (χ3v) is 4.00. The monoisotopic (exact) mass is 235 g/mol. The van der Waals surface area contributed by atoms with Crippen LogP contribution in [-0.4, -0.2) is 15.7 Å². The Morgan fingerprint density at radius 1 is 1.47 bits per heavy atom. The third kappa shape index (κ3) is 2.46. The maximum absolute atomic E-state index is 8.42. The SMILES string of the molecule is N#CCCCSc1ncnc2ccsc12. The Balaban J connectivity index is 2.08. The Morgan fingerprint density at radius 2 is 2.40 bits per heavy atom. The average molecular weight is 235 g/mol. The molecule has 0 N–H and O–H groups in total. The smallest absolute Gasteiger partial charge is 0.117 e. The van der Waals surface area contributed by atoms with E-state index in [1.807, 2.05) is 11.4 Å². The van der Waals surface area contributed by atoms with Crippen LogP contribution in [0.3, 0.4) is 0 Å². The molecule has 0 bridgehead atoms. The summed E-state index contributed by atoms with van der Waals surface area (Å²) in [6.45, 7) is 0. The molecule has 0 aliphatic rings. The predicted molar refractivity (Wildman–Crippen MR) is 63.0 cm³/mol. The van der Waals surface area contributed by atoms with Crippen LogP contribution in [0.25, 0.3) is 10.2 Å². The fourth-order valence-corrected chi connectivity index (χ4v) is 3.08. The van der Waals surface area contributed by atoms with Gasteiger partial charge in [0, 0.05) is 12.2 Å². The highest BCUT2D eigenvalue weighted by molar-refractivity contribution is 7.99. The van der Waals surface area contributed by atoms with E-state index in [4.69, 9.17) is 5.26 Å². The molecular weight excluding hydrogens is 226 g/mol. The fourth-order valence-electron chi connectivity index (χ4n) is 1.19. The molecular formula is C10H9N3S2. The summed E-state index contributed by atoms with van der Waals surface area (Å²) in [5, 5.41) is 11.5. The summed E-state index contributed by atoms with van der Waals surface area (Å²) < 4.78 is 1.15. The van der Waals surface area contributed by atoms with Crippen LogP contribution in [0, 0.1) is 11.3 Å². The summed E-state index contributed by atoms with van der Waals surface area (Å²) in [7, 11) is 0. The van der Waals surface area contributed by atoms with Crippen molar-refractivity contribution in [2.24, 2.45) is 0 Å². The van der Waals surface area contributed by atoms with Crippen LogP contribution in [0.4, 0.5) is 0 Å². The number of nitriles is 1. The molecule has 0 aliphatic heterocycles. The minimum atomic E-state index is 0.617. The third-order valence-electron chi connectivity index (χ3n) is 1.88. The quantitative estimate of drug-likeness (QED) is 0.464. The molecule has 2 aromatic heterocycles. The highest BCUT2D eigenvalue weighted by atomic mass is 32.2. The summed E-state index contributed by atoms with van der Waals surface area (Å²) in [4.78, 5) is 8.44. The van der Waals surface area contributed by atoms with Crippen LogP contribution in [0.2, 0.25) is 0 Å². The fraction of sp³-hybridized carbons (Fsp3) is 0.300. The molecule has 0 saturated heterocycles. The van der Waals surface area contributed by atoms with E-state index in [1.165, 1.54) is 0 Å². The van der Waals surface area contributed by atoms with Gasteiger partial charge in [-0.3, -0.25) is 0 Å². The number of hydrogen-bond acceptors (Lipinski definition) is 5. The molecule has 2 heterocycles. The molecule has 0 aromatic carbocycles. The van der Waals surface area contributed by atoms with E-state index in [0.29, 0.717) is 6.42 Å². The van der Waals surface area contributed by atoms with Crippen molar-refractivity contribution in [1.29, 1.82) is 5.26 Å². The Labute approximate surface area is 96.2 Å². The van der Waals surface area contributed by atoms with E-state index in [1.54, 1.807) is 29.4 Å². The lowest BCUT2D eigenvalue weighted by Crippen LogP contribution is -1.85. The van der Waals surface area contributed by atoms with E-state index in [9.17, 15) is 0 Å². The first-order chi connectivity index (χ1) is 7.42. The second-order valence-corrected chi connectivity index (χ2v) is 4.92. The topological polar surface area (TPSA) is 49.6 Å². The second kappa shape index (κ2) is 5.10. The van der Waals surface area contributed by atoms with Crippen molar-refractivity contribution in [3.8, 4) is 6.07 Å². The number of hydrogen-bond donors (Lipinski definition) is 0. The molecule has 2 rings (SSSR count). The van der Waals surface area contributed by atoms with Gasteiger partial charge in [-0.1, -0.05) is 0 Å². The maximum atomic E-state index is 8.42. The van der Waals surface area contributed by atoms with Crippen LogP contribution in [0.1, 0.15) is 12.8 Å². The van der Waals surface area contributed by atoms with Crippen LogP contribution in [0.15, 0.2) is 22.8 Å². The second-order valence-electron chi connectivity index (χ2n) is 2.92. The lowest BCUT2D eigenvalue weighted by atomic mass is 10.4. The normalized spacial score (nSPS) is 10.3. The summed E-state index contributed by atoms with van der Waals surface area (Å²) in [5.74, 6) is 0.942. The summed E-state index contributed by atoms with van der Waals surface area (Å²) in [6, 6.07) is 4.14. The van der Waals surface area contributed by atoms with Gasteiger partial charge in [-0.05, 0) is 17.9 Å². The minimum Gasteiger partial charge on any atom is -0.235 e. The van der Waals surface area contributed by atoms with E-state index < -0.39 is 0 Å². The predicted octanol–water partition coefficient (Wildman–Crippen LogP) is 3.09. The summed E-state index contributed by atoms with van der Waals surface area (Å²) >= 11 is 3.37. The van der Waals surface area contributed by atoms with Gasteiger partial charge in [-0.2, -0.15) is 5.26 Å². The summed E-state index contributed by atoms with van der Waals surface area (Å²) in [5.41, 5.74) is 1.01. The van der Waals surface area contributed by atoms with Gasteiger partial charge in [0.25, 0.3) is 0 Å². The van der Waals surface area contributed by atoms with Crippen molar-refractivity contribution >= 4 is 33.3 Å². The standard InChI is InChI=1S/C10H9N3S2/c11-4-1-2-5-15-10-9-8(3-6-14-9)12-7-13-10/h3,6-7H,1-2,5H2. The molecule has 5 heteroatoms. The van der Waals surface area contributed by atoms with E-state index >= 15 is 0 Å². The first-order valence-electron chi connectivity index (χ1n) is 4.60. The molecule has 0 amide bonds. The number of thioether (sulfide) groups is 1. The lowest BCUT2D eigenvalue weighted by molar-refractivity contribution is 0.977.